The van der Waals surface area contributed by atoms with Gasteiger partial charge in [0.25, 0.3) is 10.0 Å². The van der Waals surface area contributed by atoms with Crippen LogP contribution in [0.4, 0.5) is 10.7 Å². The largest absolute Gasteiger partial charge is 0.481 e. The van der Waals surface area contributed by atoms with E-state index in [-0.39, 0.29) is 22.3 Å². The summed E-state index contributed by atoms with van der Waals surface area (Å²) >= 11 is 0. The molecule has 0 aliphatic heterocycles. The predicted octanol–water partition coefficient (Wildman–Crippen LogP) is 0.796. The molecule has 128 valence electrons. The number of ether oxygens (including phenoxy) is 1. The number of aromatic nitrogens is 2. The number of anilines is 1. The van der Waals surface area contributed by atoms with E-state index in [9.17, 15) is 18.3 Å². The van der Waals surface area contributed by atoms with Gasteiger partial charge in [-0.2, -0.15) is 4.98 Å². The third kappa shape index (κ3) is 4.18. The van der Waals surface area contributed by atoms with E-state index in [1.165, 1.54) is 25.3 Å². The van der Waals surface area contributed by atoms with Gasteiger partial charge < -0.3 is 9.84 Å². The predicted molar refractivity (Wildman–Crippen MR) is 85.0 cm³/mol. The fourth-order valence-electron chi connectivity index (χ4n) is 1.90. The molecule has 0 aliphatic rings. The molecule has 9 nitrogen and oxygen atoms in total. The van der Waals surface area contributed by atoms with Crippen molar-refractivity contribution in [1.29, 1.82) is 0 Å². The second kappa shape index (κ2) is 7.23. The summed E-state index contributed by atoms with van der Waals surface area (Å²) in [6, 6.07) is 6.32. The van der Waals surface area contributed by atoms with Crippen molar-refractivity contribution in [2.45, 2.75) is 18.4 Å². The Morgan fingerprint density at radius 3 is 2.67 bits per heavy atom. The number of hydrogen-bond acceptors (Lipinski definition) is 7. The van der Waals surface area contributed by atoms with E-state index in [2.05, 4.69) is 15.3 Å². The zero-order valence-electron chi connectivity index (χ0n) is 13.0. The molecule has 2 aromatic rings. The van der Waals surface area contributed by atoms with Crippen molar-refractivity contribution in [2.24, 2.45) is 0 Å². The van der Waals surface area contributed by atoms with Crippen molar-refractivity contribution in [3.8, 4) is 5.88 Å². The van der Waals surface area contributed by atoms with Crippen molar-refractivity contribution < 1.29 is 23.1 Å². The number of aliphatic hydroxyl groups is 1. The summed E-state index contributed by atoms with van der Waals surface area (Å²) in [5.41, 5.74) is 0.705. The van der Waals surface area contributed by atoms with Crippen molar-refractivity contribution in [3.63, 3.8) is 0 Å². The van der Waals surface area contributed by atoms with Gasteiger partial charge >= 0.3 is 6.03 Å². The van der Waals surface area contributed by atoms with Crippen LogP contribution in [0, 0.1) is 6.92 Å². The Bertz CT molecular complexity index is 854. The number of hydrogen-bond donors (Lipinski definition) is 3. The molecule has 0 bridgehead atoms. The molecule has 10 heteroatoms. The first-order valence-corrected chi connectivity index (χ1v) is 8.26. The third-order valence-electron chi connectivity index (χ3n) is 2.92. The minimum absolute atomic E-state index is 0.102. The quantitative estimate of drug-likeness (QED) is 0.725. The number of carbonyl (C=O) groups excluding carboxylic acids is 1. The lowest BCUT2D eigenvalue weighted by Gasteiger charge is -2.11. The maximum Gasteiger partial charge on any atom is 0.335 e. The van der Waals surface area contributed by atoms with Crippen LogP contribution in [0.15, 0.2) is 35.2 Å². The maximum atomic E-state index is 12.3. The third-order valence-corrected chi connectivity index (χ3v) is 4.36. The zero-order chi connectivity index (χ0) is 17.7. The van der Waals surface area contributed by atoms with E-state index in [1.807, 2.05) is 4.72 Å². The molecule has 24 heavy (non-hydrogen) atoms. The SMILES string of the molecule is COc1cc(C)nc(NC(=O)NS(=O)(=O)c2ccccc2CO)n1. The number of urea groups is 1. The van der Waals surface area contributed by atoms with E-state index < -0.39 is 22.7 Å². The fraction of sp³-hybridized carbons (Fsp3) is 0.214. The highest BCUT2D eigenvalue weighted by molar-refractivity contribution is 7.90. The molecule has 1 aromatic heterocycles. The molecule has 1 heterocycles. The topological polar surface area (TPSA) is 131 Å². The Labute approximate surface area is 138 Å². The average Bonchev–Trinajstić information content (AvgIpc) is 2.53. The molecule has 1 aromatic carbocycles. The van der Waals surface area contributed by atoms with Gasteiger partial charge in [0.05, 0.1) is 18.6 Å². The van der Waals surface area contributed by atoms with E-state index >= 15 is 0 Å². The minimum Gasteiger partial charge on any atom is -0.481 e. The number of rotatable bonds is 5. The molecule has 0 saturated heterocycles. The summed E-state index contributed by atoms with van der Waals surface area (Å²) in [5.74, 6) is 0.126. The number of nitrogens with zero attached hydrogens (tertiary/aromatic N) is 2. The normalized spacial score (nSPS) is 11.0. The van der Waals surface area contributed by atoms with Gasteiger partial charge in [-0.05, 0) is 18.6 Å². The molecule has 3 N–H and O–H groups in total. The van der Waals surface area contributed by atoms with Crippen molar-refractivity contribution in [2.75, 3.05) is 12.4 Å². The monoisotopic (exact) mass is 352 g/mol. The second-order valence-corrected chi connectivity index (χ2v) is 6.35. The number of carbonyl (C=O) groups is 1. The highest BCUT2D eigenvalue weighted by atomic mass is 32.2. The number of methoxy groups -OCH3 is 1. The molecular weight excluding hydrogens is 336 g/mol. The van der Waals surface area contributed by atoms with Crippen molar-refractivity contribution in [3.05, 3.63) is 41.6 Å². The molecule has 0 saturated carbocycles. The Morgan fingerprint density at radius 2 is 2.00 bits per heavy atom. The first-order chi connectivity index (χ1) is 11.4. The van der Waals surface area contributed by atoms with E-state index in [0.717, 1.165) is 0 Å². The van der Waals surface area contributed by atoms with Gasteiger partial charge in [0.1, 0.15) is 0 Å². The van der Waals surface area contributed by atoms with Crippen molar-refractivity contribution in [1.82, 2.24) is 14.7 Å². The highest BCUT2D eigenvalue weighted by Crippen LogP contribution is 2.15. The summed E-state index contributed by atoms with van der Waals surface area (Å²) in [7, 11) is -2.75. The Kier molecular flexibility index (Phi) is 5.31. The molecule has 0 radical (unpaired) electrons. The Morgan fingerprint density at radius 1 is 1.29 bits per heavy atom. The lowest BCUT2D eigenvalue weighted by atomic mass is 10.2. The van der Waals surface area contributed by atoms with Gasteiger partial charge in [-0.15, -0.1) is 0 Å². The second-order valence-electron chi connectivity index (χ2n) is 4.70. The van der Waals surface area contributed by atoms with Crippen molar-refractivity contribution >= 4 is 22.0 Å². The van der Waals surface area contributed by atoms with Crippen LogP contribution in [-0.2, 0) is 16.6 Å². The van der Waals surface area contributed by atoms with Crippen LogP contribution in [0.2, 0.25) is 0 Å². The molecule has 0 aliphatic carbocycles. The van der Waals surface area contributed by atoms with Gasteiger partial charge in [0, 0.05) is 11.8 Å². The summed E-state index contributed by atoms with van der Waals surface area (Å²) in [6.07, 6.45) is 0. The van der Waals surface area contributed by atoms with Gasteiger partial charge in [0.15, 0.2) is 0 Å². The number of amides is 2. The molecule has 0 fully saturated rings. The van der Waals surface area contributed by atoms with Gasteiger partial charge in [-0.1, -0.05) is 18.2 Å². The highest BCUT2D eigenvalue weighted by Gasteiger charge is 2.21. The average molecular weight is 352 g/mol. The summed E-state index contributed by atoms with van der Waals surface area (Å²) in [6.45, 7) is 1.19. The number of sulfonamides is 1. The van der Waals surface area contributed by atoms with E-state index in [4.69, 9.17) is 4.74 Å². The summed E-state index contributed by atoms with van der Waals surface area (Å²) in [4.78, 5) is 19.6. The molecule has 0 unspecified atom stereocenters. The fourth-order valence-corrected chi connectivity index (χ4v) is 3.04. The molecule has 2 rings (SSSR count). The van der Waals surface area contributed by atoms with Gasteiger partial charge in [-0.25, -0.2) is 22.9 Å². The van der Waals surface area contributed by atoms with Crippen LogP contribution in [0.1, 0.15) is 11.3 Å². The number of nitrogens with one attached hydrogen (secondary N) is 2. The lowest BCUT2D eigenvalue weighted by Crippen LogP contribution is -2.35. The van der Waals surface area contributed by atoms with E-state index in [1.54, 1.807) is 19.1 Å². The van der Waals surface area contributed by atoms with Crippen LogP contribution in [0.5, 0.6) is 5.88 Å². The maximum absolute atomic E-state index is 12.3. The minimum atomic E-state index is -4.16. The van der Waals surface area contributed by atoms with Crippen LogP contribution < -0.4 is 14.8 Å². The van der Waals surface area contributed by atoms with Gasteiger partial charge in [-0.3, -0.25) is 5.32 Å². The Balaban J connectivity index is 2.18. The van der Waals surface area contributed by atoms with Crippen LogP contribution >= 0.6 is 0 Å². The molecular formula is C14H16N4O5S. The number of benzene rings is 1. The lowest BCUT2D eigenvalue weighted by molar-refractivity contribution is 0.256. The van der Waals surface area contributed by atoms with Crippen LogP contribution in [-0.4, -0.2) is 36.6 Å². The van der Waals surface area contributed by atoms with E-state index in [0.29, 0.717) is 5.69 Å². The molecule has 0 spiro atoms. The first kappa shape index (κ1) is 17.6. The number of aliphatic hydroxyl groups excluding tert-OH is 1. The summed E-state index contributed by atoms with van der Waals surface area (Å²) in [5, 5.41) is 11.4. The van der Waals surface area contributed by atoms with Crippen LogP contribution in [0.3, 0.4) is 0 Å². The zero-order valence-corrected chi connectivity index (χ0v) is 13.8. The summed E-state index contributed by atoms with van der Waals surface area (Å²) < 4.78 is 31.3. The standard InChI is InChI=1S/C14H16N4O5S/c1-9-7-12(23-2)16-13(15-9)17-14(20)18-24(21,22)11-6-4-3-5-10(11)8-19/h3-7,19H,8H2,1-2H3,(H2,15,16,17,18,20). The van der Waals surface area contributed by atoms with Crippen LogP contribution in [0.25, 0.3) is 0 Å². The first-order valence-electron chi connectivity index (χ1n) is 6.78. The molecule has 0 atom stereocenters. The number of aryl methyl sites for hydroxylation is 1. The van der Waals surface area contributed by atoms with Gasteiger partial charge in [0.2, 0.25) is 11.8 Å². The Hall–Kier alpha value is -2.72. The smallest absolute Gasteiger partial charge is 0.335 e. The molecule has 2 amide bonds.